The maximum atomic E-state index is 12.4. The van der Waals surface area contributed by atoms with E-state index in [0.29, 0.717) is 6.54 Å². The predicted molar refractivity (Wildman–Crippen MR) is 74.1 cm³/mol. The van der Waals surface area contributed by atoms with Gasteiger partial charge in [0, 0.05) is 24.7 Å². The molecule has 1 aromatic carbocycles. The van der Waals surface area contributed by atoms with Gasteiger partial charge in [0.25, 0.3) is 17.3 Å². The van der Waals surface area contributed by atoms with E-state index in [1.807, 2.05) is 6.92 Å². The number of rotatable bonds is 3. The monoisotopic (exact) mass is 293 g/mol. The molecule has 8 heteroatoms. The first-order valence-electron chi connectivity index (χ1n) is 6.65. The van der Waals surface area contributed by atoms with E-state index >= 15 is 0 Å². The molecule has 1 aliphatic rings. The van der Waals surface area contributed by atoms with Crippen LogP contribution in [0, 0.1) is 20.2 Å². The minimum Gasteiger partial charge on any atom is -0.336 e. The summed E-state index contributed by atoms with van der Waals surface area (Å²) in [6.07, 6.45) is 2.76. The zero-order valence-electron chi connectivity index (χ0n) is 11.5. The fourth-order valence-electron chi connectivity index (χ4n) is 2.50. The Morgan fingerprint density at radius 3 is 2.19 bits per heavy atom. The molecule has 1 amide bonds. The predicted octanol–water partition coefficient (Wildman–Crippen LogP) is 2.52. The number of benzene rings is 1. The summed E-state index contributed by atoms with van der Waals surface area (Å²) in [4.78, 5) is 34.3. The first kappa shape index (κ1) is 14.9. The van der Waals surface area contributed by atoms with E-state index in [9.17, 15) is 25.0 Å². The average molecular weight is 293 g/mol. The van der Waals surface area contributed by atoms with Crippen molar-refractivity contribution in [2.75, 3.05) is 6.54 Å². The van der Waals surface area contributed by atoms with Crippen LogP contribution in [0.2, 0.25) is 0 Å². The number of nitro benzene ring substituents is 2. The van der Waals surface area contributed by atoms with E-state index in [0.717, 1.165) is 37.5 Å². The molecule has 1 heterocycles. The molecular formula is C13H15N3O5. The third-order valence-corrected chi connectivity index (χ3v) is 3.63. The van der Waals surface area contributed by atoms with Crippen molar-refractivity contribution < 1.29 is 14.6 Å². The van der Waals surface area contributed by atoms with Crippen LogP contribution in [0.5, 0.6) is 0 Å². The Bertz CT molecular complexity index is 569. The Hall–Kier alpha value is -2.51. The molecule has 0 bridgehead atoms. The normalized spacial score (nSPS) is 18.3. The molecule has 0 spiro atoms. The molecular weight excluding hydrogens is 278 g/mol. The second kappa shape index (κ2) is 5.86. The molecule has 2 rings (SSSR count). The lowest BCUT2D eigenvalue weighted by molar-refractivity contribution is -0.394. The van der Waals surface area contributed by atoms with Gasteiger partial charge in [-0.3, -0.25) is 25.0 Å². The van der Waals surface area contributed by atoms with Gasteiger partial charge in [-0.2, -0.15) is 0 Å². The average Bonchev–Trinajstić information content (AvgIpc) is 2.46. The smallest absolute Gasteiger partial charge is 0.277 e. The molecule has 1 saturated heterocycles. The van der Waals surface area contributed by atoms with Crippen LogP contribution >= 0.6 is 0 Å². The van der Waals surface area contributed by atoms with Gasteiger partial charge in [-0.25, -0.2) is 0 Å². The van der Waals surface area contributed by atoms with Crippen LogP contribution in [0.3, 0.4) is 0 Å². The molecule has 1 aliphatic heterocycles. The lowest BCUT2D eigenvalue weighted by atomic mass is 10.0. The van der Waals surface area contributed by atoms with E-state index in [2.05, 4.69) is 0 Å². The van der Waals surface area contributed by atoms with Gasteiger partial charge >= 0.3 is 0 Å². The Balaban J connectivity index is 2.39. The quantitative estimate of drug-likeness (QED) is 0.628. The van der Waals surface area contributed by atoms with Crippen molar-refractivity contribution >= 4 is 17.3 Å². The number of hydrogen-bond donors (Lipinski definition) is 0. The Morgan fingerprint density at radius 1 is 1.14 bits per heavy atom. The van der Waals surface area contributed by atoms with Crippen molar-refractivity contribution in [2.24, 2.45) is 0 Å². The van der Waals surface area contributed by atoms with Crippen LogP contribution in [0.1, 0.15) is 36.5 Å². The first-order valence-corrected chi connectivity index (χ1v) is 6.65. The number of amides is 1. The molecule has 112 valence electrons. The molecule has 8 nitrogen and oxygen atoms in total. The Kier molecular flexibility index (Phi) is 4.15. The zero-order chi connectivity index (χ0) is 15.6. The number of likely N-dealkylation sites (tertiary alicyclic amines) is 1. The minimum atomic E-state index is -0.733. The van der Waals surface area contributed by atoms with E-state index < -0.39 is 27.1 Å². The molecule has 1 aromatic rings. The lowest BCUT2D eigenvalue weighted by Crippen LogP contribution is -2.42. The molecule has 0 aliphatic carbocycles. The van der Waals surface area contributed by atoms with Crippen molar-refractivity contribution in [1.82, 2.24) is 4.90 Å². The van der Waals surface area contributed by atoms with Gasteiger partial charge in [-0.15, -0.1) is 0 Å². The molecule has 0 radical (unpaired) electrons. The fourth-order valence-corrected chi connectivity index (χ4v) is 2.50. The Labute approximate surface area is 120 Å². The molecule has 21 heavy (non-hydrogen) atoms. The molecule has 0 aromatic heterocycles. The summed E-state index contributed by atoms with van der Waals surface area (Å²) < 4.78 is 0. The minimum absolute atomic E-state index is 0.00958. The number of nitrogens with zero attached hydrogens (tertiary/aromatic N) is 3. The van der Waals surface area contributed by atoms with E-state index in [1.54, 1.807) is 4.90 Å². The number of piperidine rings is 1. The highest BCUT2D eigenvalue weighted by molar-refractivity contribution is 5.95. The summed E-state index contributed by atoms with van der Waals surface area (Å²) in [5.41, 5.74) is -0.904. The second-order valence-electron chi connectivity index (χ2n) is 5.10. The van der Waals surface area contributed by atoms with Crippen molar-refractivity contribution in [2.45, 2.75) is 32.2 Å². The van der Waals surface area contributed by atoms with Crippen molar-refractivity contribution in [1.29, 1.82) is 0 Å². The first-order chi connectivity index (χ1) is 9.90. The molecule has 0 unspecified atom stereocenters. The van der Waals surface area contributed by atoms with Crippen LogP contribution in [-0.4, -0.2) is 33.2 Å². The van der Waals surface area contributed by atoms with Gasteiger partial charge < -0.3 is 4.90 Å². The largest absolute Gasteiger partial charge is 0.336 e. The van der Waals surface area contributed by atoms with Gasteiger partial charge in [0.1, 0.15) is 0 Å². The third kappa shape index (κ3) is 3.15. The van der Waals surface area contributed by atoms with Crippen molar-refractivity contribution in [3.05, 3.63) is 44.0 Å². The number of non-ortho nitro benzene ring substituents is 2. The topological polar surface area (TPSA) is 107 Å². The highest BCUT2D eigenvalue weighted by atomic mass is 16.6. The number of carbonyl (C=O) groups excluding carboxylic acids is 1. The van der Waals surface area contributed by atoms with Crippen LogP contribution < -0.4 is 0 Å². The summed E-state index contributed by atoms with van der Waals surface area (Å²) in [7, 11) is 0. The van der Waals surface area contributed by atoms with E-state index in [-0.39, 0.29) is 11.6 Å². The van der Waals surface area contributed by atoms with Crippen LogP contribution in [0.25, 0.3) is 0 Å². The van der Waals surface area contributed by atoms with E-state index in [4.69, 9.17) is 0 Å². The maximum absolute atomic E-state index is 12.4. The van der Waals surface area contributed by atoms with E-state index in [1.165, 1.54) is 0 Å². The second-order valence-corrected chi connectivity index (χ2v) is 5.10. The molecule has 0 saturated carbocycles. The Morgan fingerprint density at radius 2 is 1.71 bits per heavy atom. The summed E-state index contributed by atoms with van der Waals surface area (Å²) in [5.74, 6) is -0.394. The fraction of sp³-hybridized carbons (Fsp3) is 0.462. The molecule has 1 fully saturated rings. The summed E-state index contributed by atoms with van der Waals surface area (Å²) in [6.45, 7) is 2.47. The summed E-state index contributed by atoms with van der Waals surface area (Å²) >= 11 is 0. The zero-order valence-corrected chi connectivity index (χ0v) is 11.5. The van der Waals surface area contributed by atoms with Gasteiger partial charge in [-0.1, -0.05) is 0 Å². The third-order valence-electron chi connectivity index (χ3n) is 3.63. The van der Waals surface area contributed by atoms with Gasteiger partial charge in [0.2, 0.25) is 0 Å². The van der Waals surface area contributed by atoms with Crippen molar-refractivity contribution in [3.63, 3.8) is 0 Å². The van der Waals surface area contributed by atoms with Crippen molar-refractivity contribution in [3.8, 4) is 0 Å². The van der Waals surface area contributed by atoms with Crippen LogP contribution in [-0.2, 0) is 0 Å². The SMILES string of the molecule is C[C@@H]1CCCCN1C(=O)c1cc([N+](=O)[O-])cc([N+](=O)[O-])c1. The highest BCUT2D eigenvalue weighted by Gasteiger charge is 2.27. The number of carbonyl (C=O) groups is 1. The number of nitro groups is 2. The van der Waals surface area contributed by atoms with Gasteiger partial charge in [-0.05, 0) is 26.2 Å². The van der Waals surface area contributed by atoms with Gasteiger partial charge in [0.05, 0.1) is 21.5 Å². The maximum Gasteiger partial charge on any atom is 0.277 e. The van der Waals surface area contributed by atoms with Crippen LogP contribution in [0.4, 0.5) is 11.4 Å². The summed E-state index contributed by atoms with van der Waals surface area (Å²) in [6, 6.07) is 3.08. The lowest BCUT2D eigenvalue weighted by Gasteiger charge is -2.33. The standard InChI is InChI=1S/C13H15N3O5/c1-9-4-2-3-5-14(9)13(17)10-6-11(15(18)19)8-12(7-10)16(20)21/h6-9H,2-5H2,1H3/t9-/m1/s1. The number of hydrogen-bond acceptors (Lipinski definition) is 5. The molecule has 0 N–H and O–H groups in total. The van der Waals surface area contributed by atoms with Gasteiger partial charge in [0.15, 0.2) is 0 Å². The molecule has 1 atom stereocenters. The van der Waals surface area contributed by atoms with Crippen LogP contribution in [0.15, 0.2) is 18.2 Å². The highest BCUT2D eigenvalue weighted by Crippen LogP contribution is 2.25. The summed E-state index contributed by atoms with van der Waals surface area (Å²) in [5, 5.41) is 21.7.